The number of anilines is 1. The fourth-order valence-corrected chi connectivity index (χ4v) is 2.55. The van der Waals surface area contributed by atoms with Crippen molar-refractivity contribution in [2.75, 3.05) is 31.6 Å². The number of hydrogen-bond donors (Lipinski definition) is 1. The van der Waals surface area contributed by atoms with Crippen LogP contribution in [-0.2, 0) is 4.74 Å². The van der Waals surface area contributed by atoms with Gasteiger partial charge in [0.1, 0.15) is 0 Å². The average molecular weight is 248 g/mol. The predicted octanol–water partition coefficient (Wildman–Crippen LogP) is 2.58. The fourth-order valence-electron chi connectivity index (χ4n) is 2.55. The number of methoxy groups -OCH3 is 1. The Bertz CT molecular complexity index is 363. The lowest BCUT2D eigenvalue weighted by atomic mass is 10.1. The third kappa shape index (κ3) is 3.03. The zero-order valence-electron chi connectivity index (χ0n) is 11.6. The number of benzene rings is 1. The molecular formula is C15H24N2O. The zero-order valence-corrected chi connectivity index (χ0v) is 11.6. The molecule has 0 aliphatic carbocycles. The normalized spacial score (nSPS) is 21.3. The molecule has 2 rings (SSSR count). The van der Waals surface area contributed by atoms with Crippen molar-refractivity contribution < 1.29 is 4.74 Å². The molecule has 100 valence electrons. The van der Waals surface area contributed by atoms with Crippen molar-refractivity contribution in [1.29, 1.82) is 0 Å². The van der Waals surface area contributed by atoms with Crippen LogP contribution < -0.4 is 10.2 Å². The summed E-state index contributed by atoms with van der Waals surface area (Å²) in [7, 11) is 1.80. The van der Waals surface area contributed by atoms with Crippen LogP contribution in [-0.4, -0.2) is 32.8 Å². The Morgan fingerprint density at radius 2 is 2.11 bits per heavy atom. The van der Waals surface area contributed by atoms with Crippen molar-refractivity contribution in [2.24, 2.45) is 0 Å². The molecule has 0 spiro atoms. The van der Waals surface area contributed by atoms with Gasteiger partial charge in [-0.3, -0.25) is 0 Å². The molecule has 3 heteroatoms. The first-order valence-electron chi connectivity index (χ1n) is 6.85. The van der Waals surface area contributed by atoms with E-state index in [0.29, 0.717) is 12.1 Å². The molecule has 0 radical (unpaired) electrons. The van der Waals surface area contributed by atoms with Crippen molar-refractivity contribution in [3.05, 3.63) is 29.8 Å². The van der Waals surface area contributed by atoms with E-state index in [-0.39, 0.29) is 0 Å². The molecule has 1 aliphatic rings. The molecule has 0 aromatic heterocycles. The Balaban J connectivity index is 1.99. The van der Waals surface area contributed by atoms with Gasteiger partial charge in [-0.05, 0) is 37.6 Å². The lowest BCUT2D eigenvalue weighted by Crippen LogP contribution is -2.22. The van der Waals surface area contributed by atoms with E-state index in [1.807, 2.05) is 0 Å². The Morgan fingerprint density at radius 1 is 1.39 bits per heavy atom. The van der Waals surface area contributed by atoms with Crippen molar-refractivity contribution in [3.63, 3.8) is 0 Å². The quantitative estimate of drug-likeness (QED) is 0.867. The van der Waals surface area contributed by atoms with E-state index in [9.17, 15) is 0 Å². The zero-order chi connectivity index (χ0) is 13.0. The minimum absolute atomic E-state index is 0.394. The highest BCUT2D eigenvalue weighted by Gasteiger charge is 2.22. The highest BCUT2D eigenvalue weighted by Crippen LogP contribution is 2.23. The smallest absolute Gasteiger partial charge is 0.0762 e. The van der Waals surface area contributed by atoms with Gasteiger partial charge in [0.2, 0.25) is 0 Å². The predicted molar refractivity (Wildman–Crippen MR) is 76.2 cm³/mol. The van der Waals surface area contributed by atoms with Crippen LogP contribution in [0.4, 0.5) is 5.69 Å². The minimum atomic E-state index is 0.394. The second kappa shape index (κ2) is 6.21. The molecule has 2 atom stereocenters. The molecule has 18 heavy (non-hydrogen) atoms. The lowest BCUT2D eigenvalue weighted by molar-refractivity contribution is 0.121. The second-order valence-electron chi connectivity index (χ2n) is 4.96. The monoisotopic (exact) mass is 248 g/mol. The maximum absolute atomic E-state index is 5.41. The lowest BCUT2D eigenvalue weighted by Gasteiger charge is -2.20. The van der Waals surface area contributed by atoms with Crippen molar-refractivity contribution in [2.45, 2.75) is 32.4 Å². The Labute approximate surface area is 110 Å². The summed E-state index contributed by atoms with van der Waals surface area (Å²) in [5, 5.41) is 3.43. The number of nitrogens with zero attached hydrogens (tertiary/aromatic N) is 1. The maximum atomic E-state index is 5.41. The van der Waals surface area contributed by atoms with E-state index < -0.39 is 0 Å². The molecule has 3 nitrogen and oxygen atoms in total. The van der Waals surface area contributed by atoms with Gasteiger partial charge >= 0.3 is 0 Å². The third-order valence-corrected chi connectivity index (χ3v) is 3.75. The van der Waals surface area contributed by atoms with Gasteiger partial charge in [0.15, 0.2) is 0 Å². The summed E-state index contributed by atoms with van der Waals surface area (Å²) in [4.78, 5) is 2.40. The van der Waals surface area contributed by atoms with Crippen molar-refractivity contribution in [3.8, 4) is 0 Å². The molecule has 0 saturated carbocycles. The van der Waals surface area contributed by atoms with E-state index in [1.165, 1.54) is 11.3 Å². The van der Waals surface area contributed by atoms with Gasteiger partial charge in [0, 0.05) is 31.9 Å². The SMILES string of the molecule is CCNC(C)c1ccc(N2CCC(OC)C2)cc1. The Morgan fingerprint density at radius 3 is 2.67 bits per heavy atom. The molecule has 1 N–H and O–H groups in total. The highest BCUT2D eigenvalue weighted by molar-refractivity contribution is 5.49. The van der Waals surface area contributed by atoms with Crippen LogP contribution in [0.3, 0.4) is 0 Å². The van der Waals surface area contributed by atoms with E-state index in [2.05, 4.69) is 48.3 Å². The average Bonchev–Trinajstić information content (AvgIpc) is 2.88. The maximum Gasteiger partial charge on any atom is 0.0762 e. The minimum Gasteiger partial charge on any atom is -0.380 e. The van der Waals surface area contributed by atoms with E-state index >= 15 is 0 Å². The first kappa shape index (κ1) is 13.4. The van der Waals surface area contributed by atoms with Gasteiger partial charge in [-0.15, -0.1) is 0 Å². The van der Waals surface area contributed by atoms with Gasteiger partial charge in [0.25, 0.3) is 0 Å². The Kier molecular flexibility index (Phi) is 4.61. The molecule has 1 heterocycles. The van der Waals surface area contributed by atoms with Gasteiger partial charge in [-0.2, -0.15) is 0 Å². The summed E-state index contributed by atoms with van der Waals surface area (Å²) in [5.74, 6) is 0. The van der Waals surface area contributed by atoms with Gasteiger partial charge in [-0.1, -0.05) is 19.1 Å². The standard InChI is InChI=1S/C15H24N2O/c1-4-16-12(2)13-5-7-14(8-6-13)17-10-9-15(11-17)18-3/h5-8,12,15-16H,4,9-11H2,1-3H3. The van der Waals surface area contributed by atoms with Crippen LogP contribution in [0.5, 0.6) is 0 Å². The van der Waals surface area contributed by atoms with Crippen molar-refractivity contribution in [1.82, 2.24) is 5.32 Å². The Hall–Kier alpha value is -1.06. The topological polar surface area (TPSA) is 24.5 Å². The molecule has 2 unspecified atom stereocenters. The number of hydrogen-bond acceptors (Lipinski definition) is 3. The summed E-state index contributed by atoms with van der Waals surface area (Å²) in [6.45, 7) is 7.46. The van der Waals surface area contributed by atoms with E-state index in [4.69, 9.17) is 4.74 Å². The summed E-state index contributed by atoms with van der Waals surface area (Å²) in [5.41, 5.74) is 2.66. The number of ether oxygens (including phenoxy) is 1. The molecule has 1 aromatic carbocycles. The van der Waals surface area contributed by atoms with Crippen LogP contribution >= 0.6 is 0 Å². The molecule has 1 aromatic rings. The fraction of sp³-hybridized carbons (Fsp3) is 0.600. The molecular weight excluding hydrogens is 224 g/mol. The molecule has 0 bridgehead atoms. The summed E-state index contributed by atoms with van der Waals surface area (Å²) >= 11 is 0. The number of nitrogens with one attached hydrogen (secondary N) is 1. The molecule has 0 amide bonds. The summed E-state index contributed by atoms with van der Waals surface area (Å²) in [6, 6.07) is 9.32. The van der Waals surface area contributed by atoms with Gasteiger partial charge < -0.3 is 15.0 Å². The van der Waals surface area contributed by atoms with Crippen LogP contribution in [0.2, 0.25) is 0 Å². The summed E-state index contributed by atoms with van der Waals surface area (Å²) < 4.78 is 5.41. The third-order valence-electron chi connectivity index (χ3n) is 3.75. The van der Waals surface area contributed by atoms with Gasteiger partial charge in [-0.25, -0.2) is 0 Å². The first-order chi connectivity index (χ1) is 8.74. The first-order valence-corrected chi connectivity index (χ1v) is 6.85. The van der Waals surface area contributed by atoms with Crippen LogP contribution in [0, 0.1) is 0 Å². The van der Waals surface area contributed by atoms with Crippen LogP contribution in [0.15, 0.2) is 24.3 Å². The summed E-state index contributed by atoms with van der Waals surface area (Å²) in [6.07, 6.45) is 1.52. The van der Waals surface area contributed by atoms with Crippen LogP contribution in [0.1, 0.15) is 31.9 Å². The molecule has 1 saturated heterocycles. The van der Waals surface area contributed by atoms with E-state index in [0.717, 1.165) is 26.1 Å². The second-order valence-corrected chi connectivity index (χ2v) is 4.96. The van der Waals surface area contributed by atoms with Gasteiger partial charge in [0.05, 0.1) is 6.10 Å². The van der Waals surface area contributed by atoms with Crippen LogP contribution in [0.25, 0.3) is 0 Å². The number of rotatable bonds is 5. The largest absolute Gasteiger partial charge is 0.380 e. The highest BCUT2D eigenvalue weighted by atomic mass is 16.5. The molecule has 1 aliphatic heterocycles. The van der Waals surface area contributed by atoms with Crippen molar-refractivity contribution >= 4 is 5.69 Å². The molecule has 1 fully saturated rings. The van der Waals surface area contributed by atoms with E-state index in [1.54, 1.807) is 7.11 Å².